The molecule has 1 amide bonds. The first-order valence-electron chi connectivity index (χ1n) is 4.99. The summed E-state index contributed by atoms with van der Waals surface area (Å²) in [5, 5.41) is 9.40. The first-order chi connectivity index (χ1) is 7.97. The number of aromatic nitrogens is 2. The summed E-state index contributed by atoms with van der Waals surface area (Å²) in [6, 6.07) is 0. The zero-order valence-electron chi connectivity index (χ0n) is 10.0. The Balaban J connectivity index is 2.92. The highest BCUT2D eigenvalue weighted by molar-refractivity contribution is 6.30. The minimum Gasteiger partial charge on any atom is -0.391 e. The van der Waals surface area contributed by atoms with Crippen molar-refractivity contribution < 1.29 is 9.90 Å². The maximum Gasteiger partial charge on any atom is 0.241 e. The van der Waals surface area contributed by atoms with Crippen LogP contribution in [0.4, 0.5) is 5.82 Å². The summed E-state index contributed by atoms with van der Waals surface area (Å²) in [6.07, 6.45) is 1.30. The number of halogens is 1. The van der Waals surface area contributed by atoms with E-state index in [9.17, 15) is 9.90 Å². The number of carbonyl (C=O) groups excluding carboxylic acids is 1. The molecule has 0 saturated carbocycles. The Labute approximate surface area is 105 Å². The van der Waals surface area contributed by atoms with Crippen molar-refractivity contribution in [3.8, 4) is 0 Å². The molecular weight excluding hydrogens is 244 g/mol. The first-order valence-corrected chi connectivity index (χ1v) is 5.36. The van der Waals surface area contributed by atoms with Crippen LogP contribution < -0.4 is 4.90 Å². The predicted molar refractivity (Wildman–Crippen MR) is 64.9 cm³/mol. The summed E-state index contributed by atoms with van der Waals surface area (Å²) in [5.74, 6) is 0.397. The molecule has 0 aliphatic carbocycles. The molecule has 1 aromatic heterocycles. The summed E-state index contributed by atoms with van der Waals surface area (Å²) in [6.45, 7) is -0.108. The molecule has 0 aliphatic heterocycles. The molecule has 1 aromatic rings. The second-order valence-electron chi connectivity index (χ2n) is 3.77. The summed E-state index contributed by atoms with van der Waals surface area (Å²) >= 11 is 5.84. The molecule has 0 saturated heterocycles. The average molecular weight is 259 g/mol. The highest BCUT2D eigenvalue weighted by Gasteiger charge is 2.16. The van der Waals surface area contributed by atoms with Gasteiger partial charge in [-0.05, 0) is 0 Å². The fourth-order valence-electron chi connectivity index (χ4n) is 1.27. The SMILES string of the molecule is CN(C)C(=O)CN(C)c1ncnc(Cl)c1CO. The van der Waals surface area contributed by atoms with Crippen LogP contribution in [0.1, 0.15) is 5.56 Å². The number of hydrogen-bond acceptors (Lipinski definition) is 5. The second-order valence-corrected chi connectivity index (χ2v) is 4.13. The third-order valence-electron chi connectivity index (χ3n) is 2.26. The van der Waals surface area contributed by atoms with E-state index in [1.807, 2.05) is 0 Å². The molecule has 0 bridgehead atoms. The number of rotatable bonds is 4. The Morgan fingerprint density at radius 1 is 1.41 bits per heavy atom. The summed E-state index contributed by atoms with van der Waals surface area (Å²) in [7, 11) is 5.06. The molecule has 0 fully saturated rings. The minimum absolute atomic E-state index is 0.0638. The van der Waals surface area contributed by atoms with Crippen LogP contribution in [-0.2, 0) is 11.4 Å². The number of likely N-dealkylation sites (N-methyl/N-ethyl adjacent to an activating group) is 2. The molecule has 6 nitrogen and oxygen atoms in total. The maximum absolute atomic E-state index is 11.6. The van der Waals surface area contributed by atoms with Gasteiger partial charge >= 0.3 is 0 Å². The van der Waals surface area contributed by atoms with Gasteiger partial charge in [-0.25, -0.2) is 9.97 Å². The third kappa shape index (κ3) is 3.28. The summed E-state index contributed by atoms with van der Waals surface area (Å²) in [5.41, 5.74) is 0.420. The smallest absolute Gasteiger partial charge is 0.241 e. The van der Waals surface area contributed by atoms with Crippen molar-refractivity contribution >= 4 is 23.3 Å². The fraction of sp³-hybridized carbons (Fsp3) is 0.500. The van der Waals surface area contributed by atoms with E-state index in [0.717, 1.165) is 0 Å². The van der Waals surface area contributed by atoms with Crippen LogP contribution in [0.3, 0.4) is 0 Å². The van der Waals surface area contributed by atoms with Gasteiger partial charge in [0.25, 0.3) is 0 Å². The van der Waals surface area contributed by atoms with E-state index >= 15 is 0 Å². The van der Waals surface area contributed by atoms with Crippen LogP contribution in [0.5, 0.6) is 0 Å². The zero-order valence-corrected chi connectivity index (χ0v) is 10.8. The third-order valence-corrected chi connectivity index (χ3v) is 2.59. The van der Waals surface area contributed by atoms with Crippen LogP contribution >= 0.6 is 11.6 Å². The quantitative estimate of drug-likeness (QED) is 0.779. The topological polar surface area (TPSA) is 69.6 Å². The molecule has 0 radical (unpaired) electrons. The van der Waals surface area contributed by atoms with Crippen molar-refractivity contribution in [1.82, 2.24) is 14.9 Å². The number of amides is 1. The Morgan fingerprint density at radius 2 is 2.06 bits per heavy atom. The van der Waals surface area contributed by atoms with Gasteiger partial charge in [0.05, 0.1) is 18.7 Å². The largest absolute Gasteiger partial charge is 0.391 e. The van der Waals surface area contributed by atoms with Gasteiger partial charge in [0, 0.05) is 21.1 Å². The molecule has 0 atom stereocenters. The minimum atomic E-state index is -0.268. The van der Waals surface area contributed by atoms with E-state index in [2.05, 4.69) is 9.97 Å². The van der Waals surface area contributed by atoms with Gasteiger partial charge in [0.2, 0.25) is 5.91 Å². The monoisotopic (exact) mass is 258 g/mol. The molecule has 0 aliphatic rings. The van der Waals surface area contributed by atoms with E-state index in [0.29, 0.717) is 11.4 Å². The van der Waals surface area contributed by atoms with Gasteiger partial charge in [0.15, 0.2) is 0 Å². The maximum atomic E-state index is 11.6. The molecular formula is C10H15ClN4O2. The van der Waals surface area contributed by atoms with Gasteiger partial charge in [-0.2, -0.15) is 0 Å². The van der Waals surface area contributed by atoms with Gasteiger partial charge in [-0.3, -0.25) is 4.79 Å². The van der Waals surface area contributed by atoms with E-state index in [1.165, 1.54) is 11.2 Å². The first kappa shape index (κ1) is 13.7. The number of hydrogen-bond donors (Lipinski definition) is 1. The van der Waals surface area contributed by atoms with Gasteiger partial charge in [0.1, 0.15) is 17.3 Å². The van der Waals surface area contributed by atoms with E-state index in [4.69, 9.17) is 11.6 Å². The summed E-state index contributed by atoms with van der Waals surface area (Å²) < 4.78 is 0. The number of anilines is 1. The van der Waals surface area contributed by atoms with Crippen molar-refractivity contribution in [2.24, 2.45) is 0 Å². The summed E-state index contributed by atoms with van der Waals surface area (Å²) in [4.78, 5) is 22.5. The van der Waals surface area contributed by atoms with Crippen molar-refractivity contribution in [3.05, 3.63) is 17.0 Å². The Morgan fingerprint density at radius 3 is 2.59 bits per heavy atom. The highest BCUT2D eigenvalue weighted by atomic mass is 35.5. The predicted octanol–water partition coefficient (Wildman–Crippen LogP) is 0.147. The number of aliphatic hydroxyl groups is 1. The van der Waals surface area contributed by atoms with Crippen molar-refractivity contribution in [1.29, 1.82) is 0 Å². The number of aliphatic hydroxyl groups excluding tert-OH is 1. The lowest BCUT2D eigenvalue weighted by molar-refractivity contribution is -0.127. The standard InChI is InChI=1S/C10H15ClN4O2/c1-14(2)8(17)4-15(3)10-7(5-16)9(11)12-6-13-10/h6,16H,4-5H2,1-3H3. The number of nitrogens with zero attached hydrogens (tertiary/aromatic N) is 4. The lowest BCUT2D eigenvalue weighted by atomic mass is 10.3. The average Bonchev–Trinajstić information content (AvgIpc) is 2.28. The van der Waals surface area contributed by atoms with Gasteiger partial charge < -0.3 is 14.9 Å². The lowest BCUT2D eigenvalue weighted by Gasteiger charge is -2.21. The van der Waals surface area contributed by atoms with E-state index in [-0.39, 0.29) is 24.2 Å². The number of carbonyl (C=O) groups is 1. The molecule has 17 heavy (non-hydrogen) atoms. The molecule has 0 unspecified atom stereocenters. The Hall–Kier alpha value is -1.40. The lowest BCUT2D eigenvalue weighted by Crippen LogP contribution is -2.35. The van der Waals surface area contributed by atoms with Crippen LogP contribution in [0, 0.1) is 0 Å². The fourth-order valence-corrected chi connectivity index (χ4v) is 1.45. The Bertz CT molecular complexity index is 411. The van der Waals surface area contributed by atoms with Crippen LogP contribution in [0.15, 0.2) is 6.33 Å². The second kappa shape index (κ2) is 5.79. The van der Waals surface area contributed by atoms with Gasteiger partial charge in [-0.15, -0.1) is 0 Å². The van der Waals surface area contributed by atoms with Crippen LogP contribution in [0.25, 0.3) is 0 Å². The van der Waals surface area contributed by atoms with Crippen LogP contribution in [-0.4, -0.2) is 53.6 Å². The van der Waals surface area contributed by atoms with Crippen molar-refractivity contribution in [2.75, 3.05) is 32.6 Å². The van der Waals surface area contributed by atoms with E-state index < -0.39 is 0 Å². The van der Waals surface area contributed by atoms with Gasteiger partial charge in [-0.1, -0.05) is 11.6 Å². The van der Waals surface area contributed by atoms with Crippen molar-refractivity contribution in [3.63, 3.8) is 0 Å². The molecule has 94 valence electrons. The van der Waals surface area contributed by atoms with Crippen LogP contribution in [0.2, 0.25) is 5.15 Å². The zero-order chi connectivity index (χ0) is 13.0. The van der Waals surface area contributed by atoms with Crippen molar-refractivity contribution in [2.45, 2.75) is 6.61 Å². The molecule has 1 heterocycles. The molecule has 0 spiro atoms. The molecule has 0 aromatic carbocycles. The highest BCUT2D eigenvalue weighted by Crippen LogP contribution is 2.22. The normalized spacial score (nSPS) is 10.2. The molecule has 1 rings (SSSR count). The molecule has 7 heteroatoms. The molecule has 1 N–H and O–H groups in total. The Kier molecular flexibility index (Phi) is 4.65. The van der Waals surface area contributed by atoms with E-state index in [1.54, 1.807) is 26.0 Å².